The molecule has 33 heavy (non-hydrogen) atoms. The number of sulfonamides is 1. The second-order valence-electron chi connectivity index (χ2n) is 8.64. The average Bonchev–Trinajstić information content (AvgIpc) is 3.29. The van der Waals surface area contributed by atoms with Crippen LogP contribution in [0.3, 0.4) is 0 Å². The van der Waals surface area contributed by atoms with Crippen molar-refractivity contribution in [2.24, 2.45) is 0 Å². The van der Waals surface area contributed by atoms with Crippen LogP contribution in [0.15, 0.2) is 53.4 Å². The molecule has 2 aliphatic rings. The van der Waals surface area contributed by atoms with E-state index in [0.29, 0.717) is 23.6 Å². The molecule has 176 valence electrons. The first-order valence-electron chi connectivity index (χ1n) is 11.3. The van der Waals surface area contributed by atoms with E-state index in [4.69, 9.17) is 11.6 Å². The van der Waals surface area contributed by atoms with E-state index in [2.05, 4.69) is 10.0 Å². The highest BCUT2D eigenvalue weighted by Crippen LogP contribution is 2.24. The van der Waals surface area contributed by atoms with Crippen LogP contribution in [0, 0.1) is 0 Å². The summed E-state index contributed by atoms with van der Waals surface area (Å²) in [5.41, 5.74) is 0.613. The van der Waals surface area contributed by atoms with Crippen LogP contribution in [-0.4, -0.2) is 43.8 Å². The van der Waals surface area contributed by atoms with Crippen LogP contribution in [0.25, 0.3) is 0 Å². The fraction of sp³-hybridized carbons (Fsp3) is 0.417. The second-order valence-corrected chi connectivity index (χ2v) is 10.8. The van der Waals surface area contributed by atoms with E-state index >= 15 is 0 Å². The van der Waals surface area contributed by atoms with Gasteiger partial charge in [-0.15, -0.1) is 0 Å². The van der Waals surface area contributed by atoms with Crippen molar-refractivity contribution in [3.63, 3.8) is 0 Å². The Labute approximate surface area is 199 Å². The molecule has 0 aromatic heterocycles. The molecule has 1 aliphatic carbocycles. The van der Waals surface area contributed by atoms with Crippen molar-refractivity contribution in [2.75, 3.05) is 11.3 Å². The molecule has 1 saturated heterocycles. The van der Waals surface area contributed by atoms with Crippen LogP contribution in [-0.2, 0) is 14.8 Å². The Bertz CT molecular complexity index is 1110. The third-order valence-corrected chi connectivity index (χ3v) is 7.90. The third kappa shape index (κ3) is 5.68. The Kier molecular flexibility index (Phi) is 7.24. The van der Waals surface area contributed by atoms with Crippen molar-refractivity contribution >= 4 is 39.1 Å². The first-order valence-corrected chi connectivity index (χ1v) is 13.2. The second kappa shape index (κ2) is 10.1. The van der Waals surface area contributed by atoms with Gasteiger partial charge in [0, 0.05) is 28.9 Å². The van der Waals surface area contributed by atoms with Crippen LogP contribution >= 0.6 is 11.6 Å². The van der Waals surface area contributed by atoms with Gasteiger partial charge >= 0.3 is 0 Å². The van der Waals surface area contributed by atoms with Crippen molar-refractivity contribution < 1.29 is 18.0 Å². The molecule has 1 unspecified atom stereocenters. The maximum Gasteiger partial charge on any atom is 0.261 e. The van der Waals surface area contributed by atoms with Crippen LogP contribution in [0.2, 0.25) is 5.02 Å². The Morgan fingerprint density at radius 3 is 2.39 bits per heavy atom. The summed E-state index contributed by atoms with van der Waals surface area (Å²) >= 11 is 5.84. The maximum atomic E-state index is 13.2. The molecule has 2 aromatic carbocycles. The van der Waals surface area contributed by atoms with Crippen LogP contribution in [0.1, 0.15) is 55.3 Å². The van der Waals surface area contributed by atoms with Gasteiger partial charge in [0.15, 0.2) is 0 Å². The summed E-state index contributed by atoms with van der Waals surface area (Å²) in [6.07, 6.45) is 6.82. The fourth-order valence-corrected chi connectivity index (χ4v) is 5.71. The SMILES string of the molecule is O=C(NC1CCCCC1)C1CCCN1C(=O)c1cccc(NS(=O)(=O)c2ccc(Cl)cc2)c1. The quantitative estimate of drug-likeness (QED) is 0.635. The van der Waals surface area contributed by atoms with E-state index in [0.717, 1.165) is 32.1 Å². The van der Waals surface area contributed by atoms with Gasteiger partial charge in [-0.2, -0.15) is 0 Å². The molecule has 0 bridgehead atoms. The Hall–Kier alpha value is -2.58. The molecule has 4 rings (SSSR count). The monoisotopic (exact) mass is 489 g/mol. The van der Waals surface area contributed by atoms with Gasteiger partial charge in [0.25, 0.3) is 15.9 Å². The summed E-state index contributed by atoms with van der Waals surface area (Å²) < 4.78 is 27.9. The van der Waals surface area contributed by atoms with Crippen LogP contribution in [0.5, 0.6) is 0 Å². The standard InChI is InChI=1S/C24H28ClN3O4S/c25-18-11-13-21(14-12-18)33(31,32)27-20-9-4-6-17(16-20)24(30)28-15-5-10-22(28)23(29)26-19-7-2-1-3-8-19/h4,6,9,11-14,16,19,22,27H,1-3,5,7-8,10,15H2,(H,26,29). The highest BCUT2D eigenvalue weighted by atomic mass is 35.5. The molecule has 2 N–H and O–H groups in total. The summed E-state index contributed by atoms with van der Waals surface area (Å²) in [5.74, 6) is -0.365. The highest BCUT2D eigenvalue weighted by molar-refractivity contribution is 7.92. The smallest absolute Gasteiger partial charge is 0.261 e. The van der Waals surface area contributed by atoms with E-state index in [9.17, 15) is 18.0 Å². The minimum Gasteiger partial charge on any atom is -0.352 e. The lowest BCUT2D eigenvalue weighted by Crippen LogP contribution is -2.49. The summed E-state index contributed by atoms with van der Waals surface area (Å²) in [4.78, 5) is 27.8. The lowest BCUT2D eigenvalue weighted by Gasteiger charge is -2.28. The zero-order chi connectivity index (χ0) is 23.4. The lowest BCUT2D eigenvalue weighted by molar-refractivity contribution is -0.125. The minimum absolute atomic E-state index is 0.0719. The minimum atomic E-state index is -3.83. The van der Waals surface area contributed by atoms with Gasteiger partial charge in [0.2, 0.25) is 5.91 Å². The molecule has 1 heterocycles. The van der Waals surface area contributed by atoms with Gasteiger partial charge in [-0.25, -0.2) is 8.42 Å². The van der Waals surface area contributed by atoms with Gasteiger partial charge in [0.05, 0.1) is 4.90 Å². The van der Waals surface area contributed by atoms with Gasteiger partial charge in [0.1, 0.15) is 6.04 Å². The molecule has 1 saturated carbocycles. The Balaban J connectivity index is 1.46. The van der Waals surface area contributed by atoms with Gasteiger partial charge in [-0.05, 0) is 68.1 Å². The number of amides is 2. The first kappa shape index (κ1) is 23.6. The van der Waals surface area contributed by atoms with Gasteiger partial charge < -0.3 is 10.2 Å². The fourth-order valence-electron chi connectivity index (χ4n) is 4.54. The third-order valence-electron chi connectivity index (χ3n) is 6.25. The number of carbonyl (C=O) groups is 2. The number of carbonyl (C=O) groups excluding carboxylic acids is 2. The van der Waals surface area contributed by atoms with Crippen LogP contribution in [0.4, 0.5) is 5.69 Å². The van der Waals surface area contributed by atoms with E-state index in [-0.39, 0.29) is 28.4 Å². The topological polar surface area (TPSA) is 95.6 Å². The summed E-state index contributed by atoms with van der Waals surface area (Å²) in [6.45, 7) is 0.502. The van der Waals surface area contributed by atoms with Crippen molar-refractivity contribution in [3.8, 4) is 0 Å². The van der Waals surface area contributed by atoms with Crippen molar-refractivity contribution in [1.29, 1.82) is 0 Å². The molecular weight excluding hydrogens is 462 g/mol. The molecule has 1 aliphatic heterocycles. The zero-order valence-electron chi connectivity index (χ0n) is 18.3. The largest absolute Gasteiger partial charge is 0.352 e. The van der Waals surface area contributed by atoms with Gasteiger partial charge in [-0.1, -0.05) is 36.9 Å². The predicted molar refractivity (Wildman–Crippen MR) is 128 cm³/mol. The molecule has 1 atom stereocenters. The van der Waals surface area contributed by atoms with E-state index in [1.165, 1.54) is 36.8 Å². The molecule has 2 aromatic rings. The molecule has 2 fully saturated rings. The molecule has 7 nitrogen and oxygen atoms in total. The average molecular weight is 490 g/mol. The van der Waals surface area contributed by atoms with Crippen molar-refractivity contribution in [1.82, 2.24) is 10.2 Å². The summed E-state index contributed by atoms with van der Waals surface area (Å²) in [6, 6.07) is 11.9. The molecule has 2 amide bonds. The maximum absolute atomic E-state index is 13.2. The Morgan fingerprint density at radius 2 is 1.67 bits per heavy atom. The first-order chi connectivity index (χ1) is 15.8. The molecule has 0 radical (unpaired) electrons. The molecule has 0 spiro atoms. The van der Waals surface area contributed by atoms with Gasteiger partial charge in [-0.3, -0.25) is 14.3 Å². The predicted octanol–water partition coefficient (Wildman–Crippen LogP) is 4.19. The normalized spacial score (nSPS) is 19.3. The van der Waals surface area contributed by atoms with E-state index < -0.39 is 16.1 Å². The number of anilines is 1. The number of hydrogen-bond acceptors (Lipinski definition) is 4. The number of benzene rings is 2. The van der Waals surface area contributed by atoms with Crippen molar-refractivity contribution in [3.05, 3.63) is 59.1 Å². The highest BCUT2D eigenvalue weighted by Gasteiger charge is 2.35. The number of nitrogens with zero attached hydrogens (tertiary/aromatic N) is 1. The van der Waals surface area contributed by atoms with Crippen molar-refractivity contribution in [2.45, 2.75) is 61.9 Å². The number of halogens is 1. The number of likely N-dealkylation sites (tertiary alicyclic amines) is 1. The van der Waals surface area contributed by atoms with E-state index in [1.807, 2.05) is 0 Å². The number of rotatable bonds is 6. The zero-order valence-corrected chi connectivity index (χ0v) is 19.9. The van der Waals surface area contributed by atoms with Crippen LogP contribution < -0.4 is 10.0 Å². The molecular formula is C24H28ClN3O4S. The number of nitrogens with one attached hydrogen (secondary N) is 2. The lowest BCUT2D eigenvalue weighted by atomic mass is 9.95. The molecule has 9 heteroatoms. The Morgan fingerprint density at radius 1 is 0.939 bits per heavy atom. The number of hydrogen-bond donors (Lipinski definition) is 2. The van der Waals surface area contributed by atoms with E-state index in [1.54, 1.807) is 23.1 Å². The summed E-state index contributed by atoms with van der Waals surface area (Å²) in [7, 11) is -3.83. The summed E-state index contributed by atoms with van der Waals surface area (Å²) in [5, 5.41) is 3.57.